The van der Waals surface area contributed by atoms with Gasteiger partial charge in [0.05, 0.1) is 11.0 Å². The van der Waals surface area contributed by atoms with E-state index in [-0.39, 0.29) is 11.9 Å². The van der Waals surface area contributed by atoms with Crippen molar-refractivity contribution in [1.82, 2.24) is 4.57 Å². The van der Waals surface area contributed by atoms with Crippen molar-refractivity contribution in [3.8, 4) is 0 Å². The highest BCUT2D eigenvalue weighted by Gasteiger charge is 2.30. The zero-order chi connectivity index (χ0) is 20.3. The van der Waals surface area contributed by atoms with E-state index in [2.05, 4.69) is 13.2 Å². The van der Waals surface area contributed by atoms with Crippen LogP contribution >= 0.6 is 0 Å². The fourth-order valence-electron chi connectivity index (χ4n) is 4.09. The fraction of sp³-hybridized carbons (Fsp3) is 0.174. The lowest BCUT2D eigenvalue weighted by atomic mass is 10.0. The lowest BCUT2D eigenvalue weighted by molar-refractivity contribution is -0.140. The highest BCUT2D eigenvalue weighted by Crippen LogP contribution is 2.38. The number of carbonyl (C=O) groups is 3. The Kier molecular flexibility index (Phi) is 3.71. The van der Waals surface area contributed by atoms with Gasteiger partial charge < -0.3 is 9.47 Å². The summed E-state index contributed by atoms with van der Waals surface area (Å²) in [7, 11) is 0. The number of hydrogen-bond donors (Lipinski definition) is 0. The molecule has 5 rings (SSSR count). The van der Waals surface area contributed by atoms with Crippen LogP contribution in [-0.2, 0) is 23.9 Å². The molecule has 0 bridgehead atoms. The zero-order valence-corrected chi connectivity index (χ0v) is 15.5. The summed E-state index contributed by atoms with van der Waals surface area (Å²) < 4.78 is 12.3. The SMILES string of the molecule is C=C1CC(c2ccc3c4ccc(C5CC(=C)C(=O)O5)cc4n(C=O)c3c2)OC1=O. The second-order valence-corrected chi connectivity index (χ2v) is 7.43. The minimum atomic E-state index is -0.392. The molecule has 1 aromatic heterocycles. The van der Waals surface area contributed by atoms with Crippen LogP contribution in [0.4, 0.5) is 0 Å². The Balaban J connectivity index is 1.63. The van der Waals surface area contributed by atoms with Gasteiger partial charge in [0.15, 0.2) is 0 Å². The van der Waals surface area contributed by atoms with Gasteiger partial charge in [-0.05, 0) is 23.3 Å². The maximum atomic E-state index is 11.9. The van der Waals surface area contributed by atoms with E-state index < -0.39 is 12.2 Å². The van der Waals surface area contributed by atoms with Crippen LogP contribution in [0.5, 0.6) is 0 Å². The first-order chi connectivity index (χ1) is 14.0. The summed E-state index contributed by atoms with van der Waals surface area (Å²) in [4.78, 5) is 35.3. The summed E-state index contributed by atoms with van der Waals surface area (Å²) in [6, 6.07) is 11.4. The first-order valence-corrected chi connectivity index (χ1v) is 9.26. The molecule has 0 N–H and O–H groups in total. The van der Waals surface area contributed by atoms with Crippen LogP contribution in [0.1, 0.15) is 36.2 Å². The molecule has 2 saturated heterocycles. The molecule has 0 saturated carbocycles. The van der Waals surface area contributed by atoms with Crippen molar-refractivity contribution in [3.05, 3.63) is 71.8 Å². The van der Waals surface area contributed by atoms with Gasteiger partial charge in [0, 0.05) is 34.8 Å². The van der Waals surface area contributed by atoms with Crippen molar-refractivity contribution in [3.63, 3.8) is 0 Å². The van der Waals surface area contributed by atoms with Gasteiger partial charge in [0.1, 0.15) is 12.2 Å². The van der Waals surface area contributed by atoms with E-state index in [4.69, 9.17) is 9.47 Å². The Morgan fingerprint density at radius 1 is 0.828 bits per heavy atom. The van der Waals surface area contributed by atoms with Crippen molar-refractivity contribution in [2.24, 2.45) is 0 Å². The van der Waals surface area contributed by atoms with E-state index in [1.165, 1.54) is 0 Å². The fourth-order valence-corrected chi connectivity index (χ4v) is 4.09. The predicted molar refractivity (Wildman–Crippen MR) is 107 cm³/mol. The molecule has 0 amide bonds. The number of hydrogen-bond acceptors (Lipinski definition) is 5. The summed E-state index contributed by atoms with van der Waals surface area (Å²) in [6.07, 6.45) is 0.852. The van der Waals surface area contributed by atoms with Crippen molar-refractivity contribution >= 4 is 40.2 Å². The molecular formula is C23H17NO5. The zero-order valence-electron chi connectivity index (χ0n) is 15.5. The Morgan fingerprint density at radius 2 is 1.28 bits per heavy atom. The number of fused-ring (bicyclic) bond motifs is 3. The first-order valence-electron chi connectivity index (χ1n) is 9.26. The van der Waals surface area contributed by atoms with Gasteiger partial charge in [-0.2, -0.15) is 0 Å². The molecule has 2 atom stereocenters. The van der Waals surface area contributed by atoms with Gasteiger partial charge in [-0.25, -0.2) is 9.59 Å². The van der Waals surface area contributed by atoms with Crippen LogP contribution < -0.4 is 0 Å². The Morgan fingerprint density at radius 3 is 1.62 bits per heavy atom. The highest BCUT2D eigenvalue weighted by atomic mass is 16.6. The average Bonchev–Trinajstić information content (AvgIpc) is 3.34. The third-order valence-corrected chi connectivity index (χ3v) is 5.64. The van der Waals surface area contributed by atoms with Crippen molar-refractivity contribution in [2.45, 2.75) is 25.0 Å². The number of esters is 2. The maximum Gasteiger partial charge on any atom is 0.334 e. The number of benzene rings is 2. The largest absolute Gasteiger partial charge is 0.454 e. The molecule has 6 nitrogen and oxygen atoms in total. The van der Waals surface area contributed by atoms with Crippen LogP contribution in [0.2, 0.25) is 0 Å². The van der Waals surface area contributed by atoms with Gasteiger partial charge in [0.2, 0.25) is 6.41 Å². The van der Waals surface area contributed by atoms with E-state index in [1.807, 2.05) is 36.4 Å². The minimum absolute atomic E-state index is 0.386. The average molecular weight is 387 g/mol. The molecule has 2 unspecified atom stereocenters. The van der Waals surface area contributed by atoms with Crippen LogP contribution in [0.25, 0.3) is 21.8 Å². The monoisotopic (exact) mass is 387 g/mol. The molecule has 6 heteroatoms. The standard InChI is InChI=1S/C23H17NO5/c1-12-7-20(28-22(12)26)14-3-5-16-17-6-4-15(21-8-13(2)23(27)29-21)10-19(17)24(11-25)18(16)9-14/h3-6,9-11,20-21H,1-2,7-8H2. The summed E-state index contributed by atoms with van der Waals surface area (Å²) >= 11 is 0. The number of ether oxygens (including phenoxy) is 2. The summed E-state index contributed by atoms with van der Waals surface area (Å²) in [6.45, 7) is 7.44. The minimum Gasteiger partial charge on any atom is -0.454 e. The molecule has 3 heterocycles. The van der Waals surface area contributed by atoms with E-state index in [9.17, 15) is 14.4 Å². The number of cyclic esters (lactones) is 2. The molecule has 2 aromatic carbocycles. The topological polar surface area (TPSA) is 74.6 Å². The van der Waals surface area contributed by atoms with Crippen molar-refractivity contribution < 1.29 is 23.9 Å². The van der Waals surface area contributed by atoms with Gasteiger partial charge in [-0.1, -0.05) is 37.4 Å². The second-order valence-electron chi connectivity index (χ2n) is 7.43. The number of rotatable bonds is 3. The lowest BCUT2D eigenvalue weighted by Gasteiger charge is -2.09. The quantitative estimate of drug-likeness (QED) is 0.387. The smallest absolute Gasteiger partial charge is 0.334 e. The first kappa shape index (κ1) is 17.4. The van der Waals surface area contributed by atoms with E-state index >= 15 is 0 Å². The summed E-state index contributed by atoms with van der Waals surface area (Å²) in [5, 5.41) is 1.83. The molecule has 2 aliphatic heterocycles. The Hall–Kier alpha value is -3.67. The van der Waals surface area contributed by atoms with Gasteiger partial charge in [-0.3, -0.25) is 9.36 Å². The van der Waals surface area contributed by atoms with Crippen molar-refractivity contribution in [1.29, 1.82) is 0 Å². The second kappa shape index (κ2) is 6.17. The molecule has 0 spiro atoms. The van der Waals surface area contributed by atoms with Crippen LogP contribution in [-0.4, -0.2) is 22.9 Å². The predicted octanol–water partition coefficient (Wildman–Crippen LogP) is 3.92. The van der Waals surface area contributed by atoms with Gasteiger partial charge >= 0.3 is 11.9 Å². The summed E-state index contributed by atoms with van der Waals surface area (Å²) in [5.41, 5.74) is 3.98. The third kappa shape index (κ3) is 2.60. The van der Waals surface area contributed by atoms with E-state index in [0.717, 1.165) is 39.3 Å². The summed E-state index contributed by atoms with van der Waals surface area (Å²) in [5.74, 6) is -0.772. The number of nitrogens with zero attached hydrogens (tertiary/aromatic N) is 1. The Bertz CT molecular complexity index is 1140. The molecular weight excluding hydrogens is 370 g/mol. The van der Waals surface area contributed by atoms with Crippen molar-refractivity contribution in [2.75, 3.05) is 0 Å². The Labute approximate surface area is 166 Å². The van der Waals surface area contributed by atoms with Crippen LogP contribution in [0, 0.1) is 0 Å². The van der Waals surface area contributed by atoms with Crippen LogP contribution in [0.15, 0.2) is 60.7 Å². The van der Waals surface area contributed by atoms with Gasteiger partial charge in [-0.15, -0.1) is 0 Å². The van der Waals surface area contributed by atoms with E-state index in [0.29, 0.717) is 24.0 Å². The number of carbonyl (C=O) groups excluding carboxylic acids is 3. The molecule has 0 aliphatic carbocycles. The molecule has 2 aliphatic rings. The van der Waals surface area contributed by atoms with E-state index in [1.54, 1.807) is 4.57 Å². The normalized spacial score (nSPS) is 21.8. The molecule has 2 fully saturated rings. The third-order valence-electron chi connectivity index (χ3n) is 5.64. The number of aromatic nitrogens is 1. The molecule has 144 valence electrons. The van der Waals surface area contributed by atoms with Crippen LogP contribution in [0.3, 0.4) is 0 Å². The van der Waals surface area contributed by atoms with Gasteiger partial charge in [0.25, 0.3) is 0 Å². The lowest BCUT2D eigenvalue weighted by Crippen LogP contribution is -2.01. The molecule has 29 heavy (non-hydrogen) atoms. The molecule has 0 radical (unpaired) electrons. The molecule has 3 aromatic rings. The maximum absolute atomic E-state index is 11.9. The highest BCUT2D eigenvalue weighted by molar-refractivity contribution is 6.11.